The average Bonchev–Trinajstić information content (AvgIpc) is 2.49. The number of anilines is 1. The number of sulfonamides is 1. The lowest BCUT2D eigenvalue weighted by atomic mass is 10.2. The maximum absolute atomic E-state index is 11.6. The van der Waals surface area contributed by atoms with Crippen molar-refractivity contribution in [3.8, 4) is 11.5 Å². The SMILES string of the molecule is CNS(=O)(=O)c1ccc(NCc2ccc(O)c(O)c2)cc1. The highest BCUT2D eigenvalue weighted by Crippen LogP contribution is 2.25. The molecule has 0 saturated heterocycles. The van der Waals surface area contributed by atoms with Crippen LogP contribution in [0.25, 0.3) is 0 Å². The van der Waals surface area contributed by atoms with Gasteiger partial charge in [-0.2, -0.15) is 0 Å². The van der Waals surface area contributed by atoms with Crippen molar-refractivity contribution >= 4 is 15.7 Å². The minimum Gasteiger partial charge on any atom is -0.504 e. The lowest BCUT2D eigenvalue weighted by Gasteiger charge is -2.08. The van der Waals surface area contributed by atoms with E-state index in [9.17, 15) is 18.6 Å². The molecule has 7 heteroatoms. The van der Waals surface area contributed by atoms with Crippen molar-refractivity contribution in [2.75, 3.05) is 12.4 Å². The molecule has 4 N–H and O–H groups in total. The third-order valence-corrected chi connectivity index (χ3v) is 4.40. The van der Waals surface area contributed by atoms with Crippen molar-refractivity contribution in [1.82, 2.24) is 4.72 Å². The Morgan fingerprint density at radius 2 is 1.67 bits per heavy atom. The van der Waals surface area contributed by atoms with Crippen LogP contribution in [0.1, 0.15) is 5.56 Å². The van der Waals surface area contributed by atoms with Gasteiger partial charge in [-0.1, -0.05) is 6.07 Å². The molecule has 0 aliphatic heterocycles. The van der Waals surface area contributed by atoms with Gasteiger partial charge >= 0.3 is 0 Å². The smallest absolute Gasteiger partial charge is 0.240 e. The largest absolute Gasteiger partial charge is 0.504 e. The maximum Gasteiger partial charge on any atom is 0.240 e. The Kier molecular flexibility index (Phi) is 4.35. The first-order valence-corrected chi connectivity index (χ1v) is 7.69. The molecule has 0 aliphatic carbocycles. The van der Waals surface area contributed by atoms with Crippen LogP contribution in [0.5, 0.6) is 11.5 Å². The first-order chi connectivity index (χ1) is 9.92. The Balaban J connectivity index is 2.05. The Morgan fingerprint density at radius 1 is 1.00 bits per heavy atom. The number of nitrogens with one attached hydrogen (secondary N) is 2. The number of hydrogen-bond donors (Lipinski definition) is 4. The van der Waals surface area contributed by atoms with Crippen molar-refractivity contribution in [2.24, 2.45) is 0 Å². The van der Waals surface area contributed by atoms with Crippen molar-refractivity contribution in [1.29, 1.82) is 0 Å². The van der Waals surface area contributed by atoms with Crippen molar-refractivity contribution in [3.63, 3.8) is 0 Å². The molecule has 112 valence electrons. The molecule has 0 atom stereocenters. The number of phenols is 2. The molecule has 0 heterocycles. The summed E-state index contributed by atoms with van der Waals surface area (Å²) >= 11 is 0. The minimum atomic E-state index is -3.43. The molecule has 2 aromatic carbocycles. The predicted octanol–water partition coefficient (Wildman–Crippen LogP) is 1.62. The third-order valence-electron chi connectivity index (χ3n) is 2.97. The lowest BCUT2D eigenvalue weighted by Crippen LogP contribution is -2.18. The van der Waals surface area contributed by atoms with Crippen LogP contribution in [0.3, 0.4) is 0 Å². The van der Waals surface area contributed by atoms with Gasteiger partial charge in [-0.3, -0.25) is 0 Å². The Bertz CT molecular complexity index is 727. The van der Waals surface area contributed by atoms with E-state index in [4.69, 9.17) is 0 Å². The van der Waals surface area contributed by atoms with Crippen molar-refractivity contribution in [3.05, 3.63) is 48.0 Å². The molecule has 6 nitrogen and oxygen atoms in total. The van der Waals surface area contributed by atoms with Crippen molar-refractivity contribution in [2.45, 2.75) is 11.4 Å². The second kappa shape index (κ2) is 6.02. The number of rotatable bonds is 5. The highest BCUT2D eigenvalue weighted by atomic mass is 32.2. The van der Waals surface area contributed by atoms with Gasteiger partial charge in [-0.15, -0.1) is 0 Å². The minimum absolute atomic E-state index is 0.166. The molecule has 0 unspecified atom stereocenters. The molecule has 0 saturated carbocycles. The van der Waals surface area contributed by atoms with Crippen LogP contribution in [0.4, 0.5) is 5.69 Å². The maximum atomic E-state index is 11.6. The van der Waals surface area contributed by atoms with Gasteiger partial charge in [0.15, 0.2) is 11.5 Å². The topological polar surface area (TPSA) is 98.7 Å². The highest BCUT2D eigenvalue weighted by molar-refractivity contribution is 7.89. The molecule has 0 fully saturated rings. The first-order valence-electron chi connectivity index (χ1n) is 6.21. The van der Waals surface area contributed by atoms with Gasteiger partial charge in [0, 0.05) is 12.2 Å². The van der Waals surface area contributed by atoms with Crippen LogP contribution in [-0.2, 0) is 16.6 Å². The van der Waals surface area contributed by atoms with E-state index in [0.717, 1.165) is 11.3 Å². The van der Waals surface area contributed by atoms with Gasteiger partial charge in [0.1, 0.15) is 0 Å². The first kappa shape index (κ1) is 15.1. The van der Waals surface area contributed by atoms with Crippen LogP contribution in [0.15, 0.2) is 47.4 Å². The summed E-state index contributed by atoms with van der Waals surface area (Å²) in [6, 6.07) is 10.9. The van der Waals surface area contributed by atoms with Crippen LogP contribution in [-0.4, -0.2) is 25.7 Å². The molecule has 0 aromatic heterocycles. The van der Waals surface area contributed by atoms with E-state index in [0.29, 0.717) is 6.54 Å². The summed E-state index contributed by atoms with van der Waals surface area (Å²) in [5.41, 5.74) is 1.54. The summed E-state index contributed by atoms with van der Waals surface area (Å²) in [5, 5.41) is 21.7. The van der Waals surface area contributed by atoms with Gasteiger partial charge in [0.2, 0.25) is 10.0 Å². The lowest BCUT2D eigenvalue weighted by molar-refractivity contribution is 0.403. The Hall–Kier alpha value is -2.25. The number of phenolic OH excluding ortho intramolecular Hbond substituents is 2. The second-order valence-corrected chi connectivity index (χ2v) is 6.30. The fourth-order valence-electron chi connectivity index (χ4n) is 1.75. The zero-order valence-electron chi connectivity index (χ0n) is 11.4. The van der Waals surface area contributed by atoms with Gasteiger partial charge in [-0.25, -0.2) is 13.1 Å². The number of hydrogen-bond acceptors (Lipinski definition) is 5. The molecule has 0 radical (unpaired) electrons. The number of benzene rings is 2. The summed E-state index contributed by atoms with van der Waals surface area (Å²) in [6.07, 6.45) is 0. The monoisotopic (exact) mass is 308 g/mol. The molecule has 0 aliphatic rings. The highest BCUT2D eigenvalue weighted by Gasteiger charge is 2.10. The Morgan fingerprint density at radius 3 is 2.24 bits per heavy atom. The van der Waals surface area contributed by atoms with E-state index in [-0.39, 0.29) is 16.4 Å². The van der Waals surface area contributed by atoms with E-state index in [1.54, 1.807) is 18.2 Å². The molecule has 2 rings (SSSR count). The van der Waals surface area contributed by atoms with E-state index in [2.05, 4.69) is 10.0 Å². The van der Waals surface area contributed by atoms with Crippen LogP contribution < -0.4 is 10.0 Å². The van der Waals surface area contributed by atoms with E-state index in [1.165, 1.54) is 31.3 Å². The second-order valence-electron chi connectivity index (χ2n) is 4.41. The summed E-state index contributed by atoms with van der Waals surface area (Å²) in [7, 11) is -2.07. The third kappa shape index (κ3) is 3.65. The fourth-order valence-corrected chi connectivity index (χ4v) is 2.48. The quantitative estimate of drug-likeness (QED) is 0.629. The fraction of sp³-hybridized carbons (Fsp3) is 0.143. The molecule has 2 aromatic rings. The number of aromatic hydroxyl groups is 2. The van der Waals surface area contributed by atoms with Gasteiger partial charge in [0.25, 0.3) is 0 Å². The zero-order chi connectivity index (χ0) is 15.5. The van der Waals surface area contributed by atoms with Crippen LogP contribution in [0, 0.1) is 0 Å². The molecule has 0 spiro atoms. The Labute approximate surface area is 123 Å². The van der Waals surface area contributed by atoms with Gasteiger partial charge < -0.3 is 15.5 Å². The standard InChI is InChI=1S/C14H16N2O4S/c1-15-21(19,20)12-5-3-11(4-6-12)16-9-10-2-7-13(17)14(18)8-10/h2-8,15-18H,9H2,1H3. The van der Waals surface area contributed by atoms with Crippen LogP contribution in [0.2, 0.25) is 0 Å². The normalized spacial score (nSPS) is 11.3. The summed E-state index contributed by atoms with van der Waals surface area (Å²) in [4.78, 5) is 0.192. The zero-order valence-corrected chi connectivity index (χ0v) is 12.2. The van der Waals surface area contributed by atoms with E-state index >= 15 is 0 Å². The molecule has 21 heavy (non-hydrogen) atoms. The average molecular weight is 308 g/mol. The summed E-state index contributed by atoms with van der Waals surface area (Å²) in [6.45, 7) is 0.436. The predicted molar refractivity (Wildman–Crippen MR) is 79.8 cm³/mol. The van der Waals surface area contributed by atoms with E-state index in [1.807, 2.05) is 0 Å². The van der Waals surface area contributed by atoms with Crippen molar-refractivity contribution < 1.29 is 18.6 Å². The van der Waals surface area contributed by atoms with Crippen LogP contribution >= 0.6 is 0 Å². The van der Waals surface area contributed by atoms with Gasteiger partial charge in [-0.05, 0) is 49.0 Å². The molecular weight excluding hydrogens is 292 g/mol. The summed E-state index contributed by atoms with van der Waals surface area (Å²) in [5.74, 6) is -0.342. The molecule has 0 bridgehead atoms. The molecule has 0 amide bonds. The van der Waals surface area contributed by atoms with Gasteiger partial charge in [0.05, 0.1) is 4.90 Å². The molecular formula is C14H16N2O4S. The summed E-state index contributed by atoms with van der Waals surface area (Å²) < 4.78 is 25.4. The van der Waals surface area contributed by atoms with E-state index < -0.39 is 10.0 Å².